The molecule has 0 spiro atoms. The van der Waals surface area contributed by atoms with Crippen LogP contribution < -0.4 is 9.64 Å². The topological polar surface area (TPSA) is 95.0 Å². The number of hydrogen-bond acceptors (Lipinski definition) is 7. The molecule has 0 radical (unpaired) electrons. The van der Waals surface area contributed by atoms with Gasteiger partial charge < -0.3 is 19.1 Å². The van der Waals surface area contributed by atoms with E-state index in [-0.39, 0.29) is 34.6 Å². The van der Waals surface area contributed by atoms with Crippen LogP contribution >= 0.6 is 34.8 Å². The predicted octanol–water partition coefficient (Wildman–Crippen LogP) is 5.73. The molecular formula is C26H25Cl3N2O6. The van der Waals surface area contributed by atoms with Crippen LogP contribution in [0, 0.1) is 0 Å². The highest BCUT2D eigenvalue weighted by atomic mass is 35.5. The first-order valence-electron chi connectivity index (χ1n) is 11.4. The summed E-state index contributed by atoms with van der Waals surface area (Å²) in [6.45, 7) is 3.26. The van der Waals surface area contributed by atoms with E-state index in [4.69, 9.17) is 44.3 Å². The van der Waals surface area contributed by atoms with Crippen molar-refractivity contribution >= 4 is 58.3 Å². The lowest BCUT2D eigenvalue weighted by Crippen LogP contribution is -2.34. The molecule has 1 aromatic carbocycles. The molecule has 0 atom stereocenters. The van der Waals surface area contributed by atoms with E-state index in [2.05, 4.69) is 16.3 Å². The van der Waals surface area contributed by atoms with Crippen LogP contribution in [0.25, 0.3) is 0 Å². The van der Waals surface area contributed by atoms with E-state index in [1.165, 1.54) is 36.4 Å². The van der Waals surface area contributed by atoms with Crippen LogP contribution in [-0.4, -0.2) is 43.2 Å². The van der Waals surface area contributed by atoms with Crippen molar-refractivity contribution < 1.29 is 28.6 Å². The third-order valence-corrected chi connectivity index (χ3v) is 6.37. The molecule has 0 aliphatic heterocycles. The van der Waals surface area contributed by atoms with Crippen molar-refractivity contribution in [2.24, 2.45) is 0 Å². The molecule has 8 nitrogen and oxygen atoms in total. The van der Waals surface area contributed by atoms with Crippen molar-refractivity contribution in [3.05, 3.63) is 75.0 Å². The van der Waals surface area contributed by atoms with Gasteiger partial charge in [-0.05, 0) is 43.4 Å². The fraction of sp³-hybridized carbons (Fsp3) is 0.308. The fourth-order valence-electron chi connectivity index (χ4n) is 3.73. The van der Waals surface area contributed by atoms with E-state index in [9.17, 15) is 14.4 Å². The highest BCUT2D eigenvalue weighted by Crippen LogP contribution is 2.39. The van der Waals surface area contributed by atoms with Gasteiger partial charge in [0.25, 0.3) is 5.91 Å². The minimum Gasteiger partial charge on any atom is -0.480 e. The Bertz CT molecular complexity index is 1210. The van der Waals surface area contributed by atoms with Crippen molar-refractivity contribution in [1.29, 1.82) is 0 Å². The summed E-state index contributed by atoms with van der Waals surface area (Å²) in [5.41, 5.74) is 1.59. The number of benzene rings is 1. The largest absolute Gasteiger partial charge is 0.480 e. The van der Waals surface area contributed by atoms with Gasteiger partial charge in [-0.3, -0.25) is 4.79 Å². The second-order valence-electron chi connectivity index (χ2n) is 8.03. The maximum absolute atomic E-state index is 14.0. The molecule has 0 bridgehead atoms. The Morgan fingerprint density at radius 2 is 1.81 bits per heavy atom. The molecule has 1 amide bonds. The van der Waals surface area contributed by atoms with E-state index in [1.807, 2.05) is 0 Å². The van der Waals surface area contributed by atoms with Gasteiger partial charge in [0.05, 0.1) is 29.4 Å². The number of esters is 2. The van der Waals surface area contributed by atoms with Gasteiger partial charge in [0.1, 0.15) is 17.5 Å². The molecule has 0 fully saturated rings. The van der Waals surface area contributed by atoms with Crippen LogP contribution in [0.4, 0.5) is 5.69 Å². The molecule has 1 heterocycles. The smallest absolute Gasteiger partial charge is 0.343 e. The lowest BCUT2D eigenvalue weighted by atomic mass is 9.90. The Balaban J connectivity index is 2.08. The van der Waals surface area contributed by atoms with Crippen molar-refractivity contribution in [2.45, 2.75) is 32.2 Å². The third kappa shape index (κ3) is 7.47. The van der Waals surface area contributed by atoms with Crippen LogP contribution in [-0.2, 0) is 30.4 Å². The molecule has 0 unspecified atom stereocenters. The Labute approximate surface area is 229 Å². The summed E-state index contributed by atoms with van der Waals surface area (Å²) >= 11 is 18.8. The molecule has 0 N–H and O–H groups in total. The second-order valence-corrected chi connectivity index (χ2v) is 9.23. The van der Waals surface area contributed by atoms with E-state index < -0.39 is 24.5 Å². The van der Waals surface area contributed by atoms with Gasteiger partial charge in [-0.15, -0.1) is 0 Å². The molecule has 0 saturated carbocycles. The fourth-order valence-corrected chi connectivity index (χ4v) is 4.38. The number of aromatic nitrogens is 1. The molecule has 3 rings (SSSR count). The van der Waals surface area contributed by atoms with Gasteiger partial charge in [-0.25, -0.2) is 14.6 Å². The van der Waals surface area contributed by atoms with E-state index in [0.29, 0.717) is 34.7 Å². The summed E-state index contributed by atoms with van der Waals surface area (Å²) in [7, 11) is 1.23. The third-order valence-electron chi connectivity index (χ3n) is 5.54. The summed E-state index contributed by atoms with van der Waals surface area (Å²) in [4.78, 5) is 43.8. The minimum atomic E-state index is -0.609. The maximum Gasteiger partial charge on any atom is 0.343 e. The first-order chi connectivity index (χ1) is 17.7. The first kappa shape index (κ1) is 28.5. The zero-order valence-electron chi connectivity index (χ0n) is 20.1. The summed E-state index contributed by atoms with van der Waals surface area (Å²) in [5.74, 6) is -1.46. The maximum atomic E-state index is 14.0. The Hall–Kier alpha value is -3.07. The molecular weight excluding hydrogens is 543 g/mol. The van der Waals surface area contributed by atoms with Gasteiger partial charge >= 0.3 is 11.9 Å². The zero-order chi connectivity index (χ0) is 26.9. The highest BCUT2D eigenvalue weighted by molar-refractivity contribution is 6.37. The molecule has 1 aliphatic carbocycles. The zero-order valence-corrected chi connectivity index (χ0v) is 22.4. The van der Waals surface area contributed by atoms with E-state index in [1.54, 1.807) is 12.1 Å². The predicted molar refractivity (Wildman–Crippen MR) is 141 cm³/mol. The van der Waals surface area contributed by atoms with Crippen LogP contribution in [0.3, 0.4) is 0 Å². The number of carbonyl (C=O) groups is 3. The SMILES string of the molecule is C=CCOC(=O)C1=C(C(=O)N(Cc2ccc(Cl)nc2)c2cc(OCC(=O)OC)c(Cl)cc2Cl)CCCC1. The van der Waals surface area contributed by atoms with Crippen molar-refractivity contribution in [3.63, 3.8) is 0 Å². The van der Waals surface area contributed by atoms with Gasteiger partial charge in [-0.1, -0.05) is 53.5 Å². The number of pyridine rings is 1. The molecule has 37 heavy (non-hydrogen) atoms. The number of anilines is 1. The van der Waals surface area contributed by atoms with Crippen molar-refractivity contribution in [3.8, 4) is 5.75 Å². The summed E-state index contributed by atoms with van der Waals surface area (Å²) in [6, 6.07) is 6.21. The van der Waals surface area contributed by atoms with Gasteiger partial charge in [0.2, 0.25) is 0 Å². The quantitative estimate of drug-likeness (QED) is 0.206. The lowest BCUT2D eigenvalue weighted by molar-refractivity contribution is -0.143. The molecule has 196 valence electrons. The number of nitrogens with zero attached hydrogens (tertiary/aromatic N) is 2. The Morgan fingerprint density at radius 3 is 2.46 bits per heavy atom. The van der Waals surface area contributed by atoms with E-state index >= 15 is 0 Å². The van der Waals surface area contributed by atoms with Crippen molar-refractivity contribution in [1.82, 2.24) is 4.98 Å². The summed E-state index contributed by atoms with van der Waals surface area (Å²) < 4.78 is 15.3. The Morgan fingerprint density at radius 1 is 1.08 bits per heavy atom. The number of carbonyl (C=O) groups excluding carboxylic acids is 3. The van der Waals surface area contributed by atoms with Crippen LogP contribution in [0.2, 0.25) is 15.2 Å². The van der Waals surface area contributed by atoms with Crippen molar-refractivity contribution in [2.75, 3.05) is 25.2 Å². The number of hydrogen-bond donors (Lipinski definition) is 0. The molecule has 1 aliphatic rings. The van der Waals surface area contributed by atoms with Gasteiger partial charge in [-0.2, -0.15) is 0 Å². The van der Waals surface area contributed by atoms with Gasteiger partial charge in [0, 0.05) is 23.4 Å². The Kier molecular flexibility index (Phi) is 10.4. The number of ether oxygens (including phenoxy) is 3. The monoisotopic (exact) mass is 566 g/mol. The lowest BCUT2D eigenvalue weighted by Gasteiger charge is -2.28. The first-order valence-corrected chi connectivity index (χ1v) is 12.5. The minimum absolute atomic E-state index is 0.0356. The number of halogens is 3. The number of amides is 1. The van der Waals surface area contributed by atoms with E-state index in [0.717, 1.165) is 12.8 Å². The number of rotatable bonds is 10. The van der Waals surface area contributed by atoms with Crippen LogP contribution in [0.5, 0.6) is 5.75 Å². The average Bonchev–Trinajstić information content (AvgIpc) is 2.90. The average molecular weight is 568 g/mol. The van der Waals surface area contributed by atoms with Crippen LogP contribution in [0.1, 0.15) is 31.2 Å². The molecule has 1 aromatic heterocycles. The molecule has 0 saturated heterocycles. The standard InChI is InChI=1S/C26H25Cl3N2O6/c1-3-10-36-26(34)18-7-5-4-6-17(18)25(33)31(14-16-8-9-23(29)30-13-16)21-12-22(20(28)11-19(21)27)37-15-24(32)35-2/h3,8-9,11-13H,1,4-7,10,14-15H2,2H3. The summed E-state index contributed by atoms with van der Waals surface area (Å²) in [6.07, 6.45) is 5.29. The molecule has 11 heteroatoms. The van der Waals surface area contributed by atoms with Gasteiger partial charge in [0.15, 0.2) is 6.61 Å². The molecule has 2 aromatic rings. The summed E-state index contributed by atoms with van der Waals surface area (Å²) in [5, 5.41) is 0.605. The highest BCUT2D eigenvalue weighted by Gasteiger charge is 2.30. The second kappa shape index (κ2) is 13.5. The van der Waals surface area contributed by atoms with Crippen LogP contribution in [0.15, 0.2) is 54.3 Å². The normalized spacial score (nSPS) is 13.1. The number of methoxy groups -OCH3 is 1.